The molecular weight excluding hydrogens is 234 g/mol. The van der Waals surface area contributed by atoms with Crippen LogP contribution in [0, 0.1) is 5.41 Å². The maximum Gasteiger partial charge on any atom is 0.0655 e. The maximum atomic E-state index is 6.27. The molecule has 2 heteroatoms. The summed E-state index contributed by atoms with van der Waals surface area (Å²) in [7, 11) is 0. The average molecular weight is 265 g/mol. The van der Waals surface area contributed by atoms with Crippen LogP contribution in [0.15, 0.2) is 0 Å². The smallest absolute Gasteiger partial charge is 0.0655 e. The molecule has 0 bridgehead atoms. The van der Waals surface area contributed by atoms with Crippen molar-refractivity contribution in [1.29, 1.82) is 0 Å². The molecule has 1 aliphatic carbocycles. The van der Waals surface area contributed by atoms with Crippen molar-refractivity contribution in [3.63, 3.8) is 0 Å². The van der Waals surface area contributed by atoms with Gasteiger partial charge in [-0.15, -0.1) is 0 Å². The first-order valence-electron chi connectivity index (χ1n) is 8.27. The van der Waals surface area contributed by atoms with Crippen molar-refractivity contribution in [2.24, 2.45) is 5.41 Å². The van der Waals surface area contributed by atoms with Gasteiger partial charge in [-0.25, -0.2) is 0 Å². The molecule has 0 aromatic carbocycles. The summed E-state index contributed by atoms with van der Waals surface area (Å²) in [5.74, 6) is 0. The first-order chi connectivity index (χ1) is 8.86. The van der Waals surface area contributed by atoms with Crippen molar-refractivity contribution < 1.29 is 4.74 Å². The van der Waals surface area contributed by atoms with Crippen LogP contribution in [-0.4, -0.2) is 35.2 Å². The van der Waals surface area contributed by atoms with Gasteiger partial charge in [0.1, 0.15) is 0 Å². The Morgan fingerprint density at radius 2 is 1.84 bits per heavy atom. The highest BCUT2D eigenvalue weighted by Crippen LogP contribution is 2.52. The van der Waals surface area contributed by atoms with E-state index in [9.17, 15) is 0 Å². The van der Waals surface area contributed by atoms with Crippen molar-refractivity contribution in [1.82, 2.24) is 4.90 Å². The van der Waals surface area contributed by atoms with Gasteiger partial charge in [0.25, 0.3) is 0 Å². The van der Waals surface area contributed by atoms with E-state index in [1.807, 2.05) is 0 Å². The molecule has 0 N–H and O–H groups in total. The van der Waals surface area contributed by atoms with Gasteiger partial charge in [-0.05, 0) is 63.8 Å². The van der Waals surface area contributed by atoms with Gasteiger partial charge in [-0.3, -0.25) is 4.90 Å². The molecule has 2 aliphatic heterocycles. The van der Waals surface area contributed by atoms with E-state index in [-0.39, 0.29) is 5.60 Å². The SMILES string of the molecule is CC1(OCC2CCC3(C(C)(C)C)CCCN23)CCC1. The van der Waals surface area contributed by atoms with Gasteiger partial charge in [0.15, 0.2) is 0 Å². The van der Waals surface area contributed by atoms with Crippen LogP contribution in [0.25, 0.3) is 0 Å². The van der Waals surface area contributed by atoms with Crippen molar-refractivity contribution in [2.75, 3.05) is 13.2 Å². The van der Waals surface area contributed by atoms with E-state index in [0.717, 1.165) is 6.61 Å². The monoisotopic (exact) mass is 265 g/mol. The van der Waals surface area contributed by atoms with Gasteiger partial charge in [0.05, 0.1) is 12.2 Å². The summed E-state index contributed by atoms with van der Waals surface area (Å²) in [6.07, 6.45) is 9.38. The van der Waals surface area contributed by atoms with Crippen molar-refractivity contribution in [3.05, 3.63) is 0 Å². The third kappa shape index (κ3) is 2.15. The Hall–Kier alpha value is -0.0800. The quantitative estimate of drug-likeness (QED) is 0.765. The van der Waals surface area contributed by atoms with Crippen LogP contribution in [0.3, 0.4) is 0 Å². The van der Waals surface area contributed by atoms with E-state index < -0.39 is 0 Å². The van der Waals surface area contributed by atoms with E-state index in [1.54, 1.807) is 0 Å². The Balaban J connectivity index is 1.66. The highest BCUT2D eigenvalue weighted by atomic mass is 16.5. The molecule has 2 saturated heterocycles. The Labute approximate surface area is 118 Å². The van der Waals surface area contributed by atoms with E-state index in [1.165, 1.54) is 51.5 Å². The van der Waals surface area contributed by atoms with Gasteiger partial charge in [-0.2, -0.15) is 0 Å². The number of nitrogens with zero attached hydrogens (tertiary/aromatic N) is 1. The fourth-order valence-corrected chi connectivity index (χ4v) is 4.73. The zero-order valence-electron chi connectivity index (χ0n) is 13.3. The Bertz CT molecular complexity index is 342. The fourth-order valence-electron chi connectivity index (χ4n) is 4.73. The molecule has 19 heavy (non-hydrogen) atoms. The van der Waals surface area contributed by atoms with Crippen LogP contribution in [0.1, 0.15) is 72.6 Å². The zero-order chi connectivity index (χ0) is 13.7. The lowest BCUT2D eigenvalue weighted by Gasteiger charge is -2.46. The van der Waals surface area contributed by atoms with E-state index >= 15 is 0 Å². The van der Waals surface area contributed by atoms with Crippen LogP contribution in [0.2, 0.25) is 0 Å². The van der Waals surface area contributed by atoms with Crippen LogP contribution >= 0.6 is 0 Å². The fraction of sp³-hybridized carbons (Fsp3) is 1.00. The minimum absolute atomic E-state index is 0.215. The van der Waals surface area contributed by atoms with Gasteiger partial charge < -0.3 is 4.74 Å². The van der Waals surface area contributed by atoms with Crippen LogP contribution in [0.4, 0.5) is 0 Å². The molecule has 3 rings (SSSR count). The number of fused-ring (bicyclic) bond motifs is 1. The van der Waals surface area contributed by atoms with Crippen molar-refractivity contribution in [3.8, 4) is 0 Å². The predicted octanol–water partition coefficient (Wildman–Crippen LogP) is 3.99. The second kappa shape index (κ2) is 4.46. The molecule has 3 fully saturated rings. The average Bonchev–Trinajstić information content (AvgIpc) is 2.82. The molecule has 0 amide bonds. The Morgan fingerprint density at radius 3 is 2.42 bits per heavy atom. The standard InChI is InChI=1S/C17H31NO/c1-15(2,3)17-10-6-12-18(17)14(7-11-17)13-19-16(4)8-5-9-16/h14H,5-13H2,1-4H3. The second-order valence-corrected chi connectivity index (χ2v) is 8.39. The normalized spacial score (nSPS) is 38.2. The largest absolute Gasteiger partial charge is 0.374 e. The molecule has 2 heterocycles. The summed E-state index contributed by atoms with van der Waals surface area (Å²) in [6, 6.07) is 0.680. The van der Waals surface area contributed by atoms with Crippen LogP contribution in [-0.2, 0) is 4.74 Å². The third-order valence-electron chi connectivity index (χ3n) is 6.30. The van der Waals surface area contributed by atoms with Gasteiger partial charge >= 0.3 is 0 Å². The highest BCUT2D eigenvalue weighted by molar-refractivity contribution is 5.10. The van der Waals surface area contributed by atoms with E-state index in [2.05, 4.69) is 32.6 Å². The molecule has 3 aliphatic rings. The lowest BCUT2D eigenvalue weighted by atomic mass is 9.71. The predicted molar refractivity (Wildman–Crippen MR) is 79.4 cm³/mol. The summed E-state index contributed by atoms with van der Waals surface area (Å²) in [5.41, 5.74) is 1.08. The number of hydrogen-bond donors (Lipinski definition) is 0. The minimum Gasteiger partial charge on any atom is -0.374 e. The van der Waals surface area contributed by atoms with Crippen molar-refractivity contribution in [2.45, 2.75) is 89.8 Å². The molecule has 110 valence electrons. The molecule has 0 spiro atoms. The number of ether oxygens (including phenoxy) is 1. The molecule has 2 atom stereocenters. The Kier molecular flexibility index (Phi) is 3.26. The molecule has 2 unspecified atom stereocenters. The first-order valence-corrected chi connectivity index (χ1v) is 8.27. The molecule has 0 radical (unpaired) electrons. The summed E-state index contributed by atoms with van der Waals surface area (Å²) in [6.45, 7) is 11.9. The van der Waals surface area contributed by atoms with Gasteiger partial charge in [0.2, 0.25) is 0 Å². The molecule has 0 aromatic heterocycles. The maximum absolute atomic E-state index is 6.27. The first kappa shape index (κ1) is 13.9. The van der Waals surface area contributed by atoms with Crippen LogP contribution < -0.4 is 0 Å². The second-order valence-electron chi connectivity index (χ2n) is 8.39. The summed E-state index contributed by atoms with van der Waals surface area (Å²) >= 11 is 0. The Morgan fingerprint density at radius 1 is 1.11 bits per heavy atom. The van der Waals surface area contributed by atoms with E-state index in [4.69, 9.17) is 4.74 Å². The summed E-state index contributed by atoms with van der Waals surface area (Å²) in [4.78, 5) is 2.81. The van der Waals surface area contributed by atoms with Gasteiger partial charge in [-0.1, -0.05) is 20.8 Å². The lowest BCUT2D eigenvalue weighted by molar-refractivity contribution is -0.105. The molecule has 0 aromatic rings. The molecule has 2 nitrogen and oxygen atoms in total. The molecular formula is C17H31NO. The summed E-state index contributed by atoms with van der Waals surface area (Å²) < 4.78 is 6.27. The molecule has 1 saturated carbocycles. The van der Waals surface area contributed by atoms with E-state index in [0.29, 0.717) is 17.0 Å². The highest BCUT2D eigenvalue weighted by Gasteiger charge is 2.55. The summed E-state index contributed by atoms with van der Waals surface area (Å²) in [5, 5.41) is 0. The number of hydrogen-bond acceptors (Lipinski definition) is 2. The van der Waals surface area contributed by atoms with Gasteiger partial charge in [0, 0.05) is 11.6 Å². The minimum atomic E-state index is 0.215. The lowest BCUT2D eigenvalue weighted by Crippen LogP contribution is -2.52. The third-order valence-corrected chi connectivity index (χ3v) is 6.30. The topological polar surface area (TPSA) is 12.5 Å². The van der Waals surface area contributed by atoms with Crippen LogP contribution in [0.5, 0.6) is 0 Å². The number of rotatable bonds is 3. The zero-order valence-corrected chi connectivity index (χ0v) is 13.3. The van der Waals surface area contributed by atoms with Crippen molar-refractivity contribution >= 4 is 0 Å².